The second kappa shape index (κ2) is 6.06. The van der Waals surface area contributed by atoms with Gasteiger partial charge in [-0.2, -0.15) is 0 Å². The second-order valence-corrected chi connectivity index (χ2v) is 5.22. The molecule has 3 heteroatoms. The summed E-state index contributed by atoms with van der Waals surface area (Å²) in [4.78, 5) is 12.4. The predicted octanol–water partition coefficient (Wildman–Crippen LogP) is 4.42. The number of benzene rings is 2. The standard InChI is InChI=1S/C19H18O3/c1-3-7-13-8-6-10-14-16(20)12-18(22-19(13)14)15-9-4-5-11-17(15)21-2/h4-6,8-12H,3,7H2,1-2H3. The summed E-state index contributed by atoms with van der Waals surface area (Å²) in [6.45, 7) is 2.11. The summed E-state index contributed by atoms with van der Waals surface area (Å²) < 4.78 is 11.4. The molecule has 1 heterocycles. The molecule has 0 aliphatic carbocycles. The Bertz CT molecular complexity index is 862. The SMILES string of the molecule is CCCc1cccc2c(=O)cc(-c3ccccc3OC)oc12. The van der Waals surface area contributed by atoms with Crippen molar-refractivity contribution in [3.05, 3.63) is 64.3 Å². The first-order valence-electron chi connectivity index (χ1n) is 7.43. The molecule has 0 atom stereocenters. The van der Waals surface area contributed by atoms with Gasteiger partial charge < -0.3 is 9.15 Å². The molecular weight excluding hydrogens is 276 g/mol. The van der Waals surface area contributed by atoms with E-state index in [-0.39, 0.29) is 5.43 Å². The summed E-state index contributed by atoms with van der Waals surface area (Å²) in [5, 5.41) is 0.629. The summed E-state index contributed by atoms with van der Waals surface area (Å²) in [6.07, 6.45) is 1.89. The van der Waals surface area contributed by atoms with Gasteiger partial charge in [0.25, 0.3) is 0 Å². The number of methoxy groups -OCH3 is 1. The number of hydrogen-bond donors (Lipinski definition) is 0. The Hall–Kier alpha value is -2.55. The maximum absolute atomic E-state index is 12.4. The van der Waals surface area contributed by atoms with Gasteiger partial charge in [0, 0.05) is 6.07 Å². The fraction of sp³-hybridized carbons (Fsp3) is 0.211. The van der Waals surface area contributed by atoms with E-state index in [0.29, 0.717) is 22.5 Å². The Labute approximate surface area is 129 Å². The van der Waals surface area contributed by atoms with Gasteiger partial charge in [-0.15, -0.1) is 0 Å². The van der Waals surface area contributed by atoms with Crippen LogP contribution in [-0.2, 0) is 6.42 Å². The van der Waals surface area contributed by atoms with E-state index in [9.17, 15) is 4.79 Å². The molecule has 0 aliphatic rings. The minimum atomic E-state index is -0.0277. The minimum absolute atomic E-state index is 0.0277. The maximum Gasteiger partial charge on any atom is 0.193 e. The average molecular weight is 294 g/mol. The second-order valence-electron chi connectivity index (χ2n) is 5.22. The fourth-order valence-electron chi connectivity index (χ4n) is 2.68. The van der Waals surface area contributed by atoms with Gasteiger partial charge >= 0.3 is 0 Å². The lowest BCUT2D eigenvalue weighted by atomic mass is 10.1. The topological polar surface area (TPSA) is 39.4 Å². The van der Waals surface area contributed by atoms with E-state index in [4.69, 9.17) is 9.15 Å². The van der Waals surface area contributed by atoms with Crippen LogP contribution in [0.15, 0.2) is 57.7 Å². The monoisotopic (exact) mass is 294 g/mol. The van der Waals surface area contributed by atoms with E-state index in [1.54, 1.807) is 7.11 Å². The van der Waals surface area contributed by atoms with Gasteiger partial charge in [-0.1, -0.05) is 37.6 Å². The van der Waals surface area contributed by atoms with E-state index in [1.165, 1.54) is 6.07 Å². The van der Waals surface area contributed by atoms with Crippen LogP contribution < -0.4 is 10.2 Å². The third-order valence-corrected chi connectivity index (χ3v) is 3.73. The van der Waals surface area contributed by atoms with E-state index >= 15 is 0 Å². The van der Waals surface area contributed by atoms with Gasteiger partial charge in [0.1, 0.15) is 17.1 Å². The molecule has 0 amide bonds. The maximum atomic E-state index is 12.4. The van der Waals surface area contributed by atoms with Crippen LogP contribution in [-0.4, -0.2) is 7.11 Å². The predicted molar refractivity (Wildman–Crippen MR) is 88.5 cm³/mol. The Morgan fingerprint density at radius 3 is 2.68 bits per heavy atom. The van der Waals surface area contributed by atoms with E-state index < -0.39 is 0 Å². The molecule has 22 heavy (non-hydrogen) atoms. The summed E-state index contributed by atoms with van der Waals surface area (Å²) in [7, 11) is 1.61. The molecule has 0 radical (unpaired) electrons. The quantitative estimate of drug-likeness (QED) is 0.715. The normalized spacial score (nSPS) is 10.8. The molecule has 0 fully saturated rings. The van der Waals surface area contributed by atoms with Crippen molar-refractivity contribution in [3.63, 3.8) is 0 Å². The molecule has 3 aromatic rings. The Morgan fingerprint density at radius 2 is 1.91 bits per heavy atom. The van der Waals surface area contributed by atoms with Crippen molar-refractivity contribution in [1.82, 2.24) is 0 Å². The Balaban J connectivity index is 2.28. The van der Waals surface area contributed by atoms with E-state index in [1.807, 2.05) is 42.5 Å². The first-order chi connectivity index (χ1) is 10.7. The van der Waals surface area contributed by atoms with Gasteiger partial charge in [-0.05, 0) is 30.2 Å². The molecule has 1 aromatic heterocycles. The zero-order valence-electron chi connectivity index (χ0n) is 12.8. The van der Waals surface area contributed by atoms with Crippen LogP contribution in [0, 0.1) is 0 Å². The lowest BCUT2D eigenvalue weighted by Gasteiger charge is -2.10. The number of fused-ring (bicyclic) bond motifs is 1. The summed E-state index contributed by atoms with van der Waals surface area (Å²) >= 11 is 0. The summed E-state index contributed by atoms with van der Waals surface area (Å²) in [5.74, 6) is 1.23. The highest BCUT2D eigenvalue weighted by atomic mass is 16.5. The zero-order chi connectivity index (χ0) is 15.5. The third-order valence-electron chi connectivity index (χ3n) is 3.73. The number of hydrogen-bond acceptors (Lipinski definition) is 3. The largest absolute Gasteiger partial charge is 0.496 e. The summed E-state index contributed by atoms with van der Waals surface area (Å²) in [5.41, 5.74) is 2.50. The average Bonchev–Trinajstić information content (AvgIpc) is 2.55. The van der Waals surface area contributed by atoms with Gasteiger partial charge in [-0.25, -0.2) is 0 Å². The van der Waals surface area contributed by atoms with Crippen LogP contribution in [0.4, 0.5) is 0 Å². The highest BCUT2D eigenvalue weighted by Gasteiger charge is 2.12. The van der Waals surface area contributed by atoms with Crippen LogP contribution in [0.2, 0.25) is 0 Å². The van der Waals surface area contributed by atoms with Crippen molar-refractivity contribution in [2.45, 2.75) is 19.8 Å². The van der Waals surface area contributed by atoms with Crippen LogP contribution in [0.5, 0.6) is 5.75 Å². The van der Waals surface area contributed by atoms with E-state index in [2.05, 4.69) is 6.92 Å². The molecule has 112 valence electrons. The van der Waals surface area contributed by atoms with Crippen molar-refractivity contribution in [1.29, 1.82) is 0 Å². The molecular formula is C19H18O3. The lowest BCUT2D eigenvalue weighted by molar-refractivity contribution is 0.415. The smallest absolute Gasteiger partial charge is 0.193 e. The van der Waals surface area contributed by atoms with Crippen molar-refractivity contribution in [2.24, 2.45) is 0 Å². The highest BCUT2D eigenvalue weighted by Crippen LogP contribution is 2.31. The number of aryl methyl sites for hydroxylation is 1. The molecule has 0 saturated carbocycles. The van der Waals surface area contributed by atoms with Crippen molar-refractivity contribution in [3.8, 4) is 17.1 Å². The molecule has 0 unspecified atom stereocenters. The highest BCUT2D eigenvalue weighted by molar-refractivity contribution is 5.82. The number of para-hydroxylation sites is 2. The van der Waals surface area contributed by atoms with Crippen molar-refractivity contribution >= 4 is 11.0 Å². The molecule has 0 bridgehead atoms. The van der Waals surface area contributed by atoms with Gasteiger partial charge in [-0.3, -0.25) is 4.79 Å². The van der Waals surface area contributed by atoms with Crippen LogP contribution in [0.3, 0.4) is 0 Å². The van der Waals surface area contributed by atoms with Crippen molar-refractivity contribution < 1.29 is 9.15 Å². The van der Waals surface area contributed by atoms with Crippen LogP contribution >= 0.6 is 0 Å². The molecule has 0 aliphatic heterocycles. The van der Waals surface area contributed by atoms with Gasteiger partial charge in [0.15, 0.2) is 5.43 Å². The van der Waals surface area contributed by atoms with Gasteiger partial charge in [0.2, 0.25) is 0 Å². The van der Waals surface area contributed by atoms with E-state index in [0.717, 1.165) is 24.0 Å². The molecule has 0 saturated heterocycles. The molecule has 0 N–H and O–H groups in total. The third kappa shape index (κ3) is 2.50. The Kier molecular flexibility index (Phi) is 3.96. The van der Waals surface area contributed by atoms with Crippen molar-refractivity contribution in [2.75, 3.05) is 7.11 Å². The molecule has 2 aromatic carbocycles. The Morgan fingerprint density at radius 1 is 1.09 bits per heavy atom. The molecule has 0 spiro atoms. The first-order valence-corrected chi connectivity index (χ1v) is 7.43. The van der Waals surface area contributed by atoms with Crippen LogP contribution in [0.25, 0.3) is 22.3 Å². The lowest BCUT2D eigenvalue weighted by Crippen LogP contribution is -2.02. The minimum Gasteiger partial charge on any atom is -0.496 e. The molecule has 3 nitrogen and oxygen atoms in total. The first kappa shape index (κ1) is 14.4. The van der Waals surface area contributed by atoms with Crippen LogP contribution in [0.1, 0.15) is 18.9 Å². The zero-order valence-corrected chi connectivity index (χ0v) is 12.8. The molecule has 3 rings (SSSR count). The number of rotatable bonds is 4. The number of ether oxygens (including phenoxy) is 1. The van der Waals surface area contributed by atoms with Gasteiger partial charge in [0.05, 0.1) is 18.1 Å². The summed E-state index contributed by atoms with van der Waals surface area (Å²) in [6, 6.07) is 14.8. The fourth-order valence-corrected chi connectivity index (χ4v) is 2.68.